The molecule has 0 spiro atoms. The van der Waals surface area contributed by atoms with E-state index in [0.717, 1.165) is 31.5 Å². The zero-order chi connectivity index (χ0) is 20.3. The number of hydrogen-bond donors (Lipinski definition) is 2. The summed E-state index contributed by atoms with van der Waals surface area (Å²) in [6, 6.07) is 5.10. The highest BCUT2D eigenvalue weighted by Crippen LogP contribution is 2.24. The lowest BCUT2D eigenvalue weighted by molar-refractivity contribution is 0.0600. The monoisotopic (exact) mass is 388 g/mol. The number of carbonyl (C=O) groups is 2. The highest BCUT2D eigenvalue weighted by atomic mass is 19.1. The van der Waals surface area contributed by atoms with E-state index in [1.54, 1.807) is 13.0 Å². The summed E-state index contributed by atoms with van der Waals surface area (Å²) in [4.78, 5) is 36.6. The van der Waals surface area contributed by atoms with E-state index in [-0.39, 0.29) is 22.7 Å². The lowest BCUT2D eigenvalue weighted by Gasteiger charge is -2.22. The second-order valence-electron chi connectivity index (χ2n) is 6.68. The third-order valence-corrected chi connectivity index (χ3v) is 4.73. The first kappa shape index (κ1) is 19.8. The third-order valence-electron chi connectivity index (χ3n) is 4.73. The Morgan fingerprint density at radius 3 is 2.75 bits per heavy atom. The zero-order valence-corrected chi connectivity index (χ0v) is 15.6. The molecule has 1 aromatic carbocycles. The number of amides is 1. The molecule has 1 amide bonds. The molecule has 2 aromatic rings. The lowest BCUT2D eigenvalue weighted by atomic mass is 9.95. The summed E-state index contributed by atoms with van der Waals surface area (Å²) < 4.78 is 24.0. The van der Waals surface area contributed by atoms with Gasteiger partial charge < -0.3 is 19.8 Å². The van der Waals surface area contributed by atoms with E-state index in [2.05, 4.69) is 15.4 Å². The van der Waals surface area contributed by atoms with E-state index >= 15 is 0 Å². The van der Waals surface area contributed by atoms with Gasteiger partial charge in [0, 0.05) is 12.5 Å². The van der Waals surface area contributed by atoms with E-state index < -0.39 is 23.3 Å². The second-order valence-corrected chi connectivity index (χ2v) is 6.68. The first-order chi connectivity index (χ1) is 13.4. The van der Waals surface area contributed by atoms with Crippen LogP contribution >= 0.6 is 0 Å². The van der Waals surface area contributed by atoms with Crippen molar-refractivity contribution in [3.05, 3.63) is 63.0 Å². The molecule has 3 rings (SSSR count). The molecule has 1 aliphatic rings. The molecule has 7 nitrogen and oxygen atoms in total. The Morgan fingerprint density at radius 1 is 1.32 bits per heavy atom. The van der Waals surface area contributed by atoms with E-state index in [9.17, 15) is 18.8 Å². The molecule has 0 bridgehead atoms. The number of aryl methyl sites for hydroxylation is 1. The van der Waals surface area contributed by atoms with Crippen LogP contribution in [0, 0.1) is 12.7 Å². The van der Waals surface area contributed by atoms with Gasteiger partial charge in [0.2, 0.25) is 0 Å². The number of piperidine rings is 1. The number of benzene rings is 1. The van der Waals surface area contributed by atoms with Crippen LogP contribution in [0.1, 0.15) is 50.8 Å². The van der Waals surface area contributed by atoms with Crippen LogP contribution in [0.5, 0.6) is 0 Å². The summed E-state index contributed by atoms with van der Waals surface area (Å²) in [5.41, 5.74) is -0.688. The minimum Gasteiger partial charge on any atom is -0.465 e. The van der Waals surface area contributed by atoms with Crippen molar-refractivity contribution in [3.63, 3.8) is 0 Å². The lowest BCUT2D eigenvalue weighted by Crippen LogP contribution is -2.30. The topological polar surface area (TPSA) is 97.6 Å². The molecular formula is C20H21FN2O5. The van der Waals surface area contributed by atoms with Gasteiger partial charge in [-0.2, -0.15) is 0 Å². The van der Waals surface area contributed by atoms with Crippen molar-refractivity contribution in [3.8, 4) is 0 Å². The van der Waals surface area contributed by atoms with E-state index in [0.29, 0.717) is 17.9 Å². The van der Waals surface area contributed by atoms with Crippen molar-refractivity contribution >= 4 is 17.6 Å². The SMILES string of the molecule is COC(=O)c1ccc(F)c(NC(=O)c2c(C)cc(C3CCCNC3)oc2=O)c1. The number of ether oxygens (including phenoxy) is 1. The van der Waals surface area contributed by atoms with Gasteiger partial charge in [0.25, 0.3) is 5.91 Å². The number of nitrogens with one attached hydrogen (secondary N) is 2. The van der Waals surface area contributed by atoms with E-state index in [1.807, 2.05) is 0 Å². The number of hydrogen-bond acceptors (Lipinski definition) is 6. The van der Waals surface area contributed by atoms with Gasteiger partial charge in [-0.15, -0.1) is 0 Å². The molecule has 8 heteroatoms. The molecule has 28 heavy (non-hydrogen) atoms. The van der Waals surface area contributed by atoms with E-state index in [1.165, 1.54) is 13.2 Å². The molecule has 0 aliphatic carbocycles. The largest absolute Gasteiger partial charge is 0.465 e. The van der Waals surface area contributed by atoms with Crippen molar-refractivity contribution in [2.45, 2.75) is 25.7 Å². The van der Waals surface area contributed by atoms with Gasteiger partial charge in [-0.1, -0.05) is 0 Å². The maximum atomic E-state index is 14.0. The van der Waals surface area contributed by atoms with Crippen molar-refractivity contribution in [1.29, 1.82) is 0 Å². The van der Waals surface area contributed by atoms with Crippen LogP contribution in [0.2, 0.25) is 0 Å². The van der Waals surface area contributed by atoms with Gasteiger partial charge in [0.15, 0.2) is 0 Å². The molecule has 0 saturated carbocycles. The van der Waals surface area contributed by atoms with E-state index in [4.69, 9.17) is 4.42 Å². The first-order valence-corrected chi connectivity index (χ1v) is 8.95. The summed E-state index contributed by atoms with van der Waals surface area (Å²) in [6.45, 7) is 3.27. The summed E-state index contributed by atoms with van der Waals surface area (Å²) in [7, 11) is 1.20. The van der Waals surface area contributed by atoms with Gasteiger partial charge in [-0.25, -0.2) is 14.0 Å². The fraction of sp³-hybridized carbons (Fsp3) is 0.350. The maximum Gasteiger partial charge on any atom is 0.349 e. The van der Waals surface area contributed by atoms with Gasteiger partial charge in [0.05, 0.1) is 18.4 Å². The zero-order valence-electron chi connectivity index (χ0n) is 15.6. The predicted octanol–water partition coefficient (Wildman–Crippen LogP) is 2.59. The molecule has 1 atom stereocenters. The van der Waals surface area contributed by atoms with Crippen LogP contribution in [0.4, 0.5) is 10.1 Å². The number of halogens is 1. The Morgan fingerprint density at radius 2 is 2.11 bits per heavy atom. The third kappa shape index (κ3) is 4.12. The number of carbonyl (C=O) groups excluding carboxylic acids is 2. The summed E-state index contributed by atoms with van der Waals surface area (Å²) in [5, 5.41) is 5.58. The molecule has 2 heterocycles. The smallest absolute Gasteiger partial charge is 0.349 e. The Kier molecular flexibility index (Phi) is 5.89. The van der Waals surface area contributed by atoms with Crippen LogP contribution in [0.3, 0.4) is 0 Å². The first-order valence-electron chi connectivity index (χ1n) is 8.95. The number of esters is 1. The minimum absolute atomic E-state index is 0.0723. The number of rotatable bonds is 4. The summed E-state index contributed by atoms with van der Waals surface area (Å²) in [6.07, 6.45) is 1.87. The quantitative estimate of drug-likeness (QED) is 0.782. The fourth-order valence-corrected chi connectivity index (χ4v) is 3.25. The van der Waals surface area contributed by atoms with Crippen molar-refractivity contribution in [1.82, 2.24) is 5.32 Å². The van der Waals surface area contributed by atoms with Gasteiger partial charge in [0.1, 0.15) is 17.1 Å². The molecule has 148 valence electrons. The maximum absolute atomic E-state index is 14.0. The predicted molar refractivity (Wildman–Crippen MR) is 100 cm³/mol. The molecule has 1 saturated heterocycles. The average molecular weight is 388 g/mol. The highest BCUT2D eigenvalue weighted by molar-refractivity contribution is 6.05. The van der Waals surface area contributed by atoms with Crippen LogP contribution < -0.4 is 16.3 Å². The van der Waals surface area contributed by atoms with Crippen molar-refractivity contribution < 1.29 is 23.1 Å². The Labute approximate surface area is 160 Å². The molecule has 2 N–H and O–H groups in total. The minimum atomic E-state index is -0.805. The molecule has 1 aliphatic heterocycles. The standard InChI is InChI=1S/C20H21FN2O5/c1-11-8-16(13-4-3-7-22-10-13)28-20(26)17(11)18(24)23-15-9-12(19(25)27-2)5-6-14(15)21/h5-6,8-9,13,22H,3-4,7,10H2,1-2H3,(H,23,24). The summed E-state index contributed by atoms with van der Waals surface area (Å²) >= 11 is 0. The summed E-state index contributed by atoms with van der Waals surface area (Å²) in [5.74, 6) is -1.61. The number of methoxy groups -OCH3 is 1. The molecular weight excluding hydrogens is 367 g/mol. The Hall–Kier alpha value is -3.00. The van der Waals surface area contributed by atoms with Gasteiger partial charge >= 0.3 is 11.6 Å². The van der Waals surface area contributed by atoms with Crippen molar-refractivity contribution in [2.24, 2.45) is 0 Å². The number of anilines is 1. The highest BCUT2D eigenvalue weighted by Gasteiger charge is 2.23. The van der Waals surface area contributed by atoms with Crippen LogP contribution in [-0.4, -0.2) is 32.1 Å². The molecule has 1 fully saturated rings. The second kappa shape index (κ2) is 8.35. The van der Waals surface area contributed by atoms with Gasteiger partial charge in [-0.05, 0) is 56.1 Å². The molecule has 1 aromatic heterocycles. The normalized spacial score (nSPS) is 16.5. The molecule has 0 radical (unpaired) electrons. The Bertz CT molecular complexity index is 964. The van der Waals surface area contributed by atoms with Crippen LogP contribution in [-0.2, 0) is 4.74 Å². The van der Waals surface area contributed by atoms with Crippen LogP contribution in [0.25, 0.3) is 0 Å². The van der Waals surface area contributed by atoms with Crippen LogP contribution in [0.15, 0.2) is 33.5 Å². The molecule has 1 unspecified atom stereocenters. The average Bonchev–Trinajstić information content (AvgIpc) is 2.69. The van der Waals surface area contributed by atoms with Gasteiger partial charge in [-0.3, -0.25) is 4.79 Å². The fourth-order valence-electron chi connectivity index (χ4n) is 3.25. The van der Waals surface area contributed by atoms with Crippen molar-refractivity contribution in [2.75, 3.05) is 25.5 Å². The Balaban J connectivity index is 1.87.